The third-order valence-corrected chi connectivity index (χ3v) is 5.27. The summed E-state index contributed by atoms with van der Waals surface area (Å²) < 4.78 is 46.2. The van der Waals surface area contributed by atoms with Gasteiger partial charge in [0.05, 0.1) is 0 Å². The Morgan fingerprint density at radius 2 is 1.33 bits per heavy atom. The molecule has 33 heavy (non-hydrogen) atoms. The number of hydrogen-bond donors (Lipinski definition) is 0. The summed E-state index contributed by atoms with van der Waals surface area (Å²) >= 11 is 0. The van der Waals surface area contributed by atoms with Gasteiger partial charge < -0.3 is 4.74 Å². The Morgan fingerprint density at radius 1 is 0.727 bits per heavy atom. The van der Waals surface area contributed by atoms with E-state index < -0.39 is 17.5 Å². The maximum atomic E-state index is 13.9. The predicted octanol–water partition coefficient (Wildman–Crippen LogP) is 7.01. The number of fused-ring (bicyclic) bond motifs is 1. The van der Waals surface area contributed by atoms with Gasteiger partial charge in [-0.15, -0.1) is 0 Å². The van der Waals surface area contributed by atoms with Crippen LogP contribution in [0.3, 0.4) is 0 Å². The normalized spacial score (nSPS) is 10.5. The summed E-state index contributed by atoms with van der Waals surface area (Å²) in [6, 6.07) is 21.6. The van der Waals surface area contributed by atoms with Gasteiger partial charge in [-0.2, -0.15) is 0 Å². The first-order valence-electron chi connectivity index (χ1n) is 10.5. The van der Waals surface area contributed by atoms with Crippen LogP contribution in [-0.4, -0.2) is 6.61 Å². The molecule has 0 bridgehead atoms. The summed E-state index contributed by atoms with van der Waals surface area (Å²) in [6.07, 6.45) is 3.53. The molecule has 0 spiro atoms. The summed E-state index contributed by atoms with van der Waals surface area (Å²) in [5.41, 5.74) is 3.86. The zero-order valence-corrected chi connectivity index (χ0v) is 17.9. The molecule has 0 unspecified atom stereocenters. The van der Waals surface area contributed by atoms with E-state index in [0.29, 0.717) is 12.2 Å². The minimum atomic E-state index is -1.46. The lowest BCUT2D eigenvalue weighted by Crippen LogP contribution is -1.94. The van der Waals surface area contributed by atoms with Gasteiger partial charge in [-0.05, 0) is 71.8 Å². The number of rotatable bonds is 6. The lowest BCUT2D eigenvalue weighted by molar-refractivity contribution is 0.363. The van der Waals surface area contributed by atoms with Gasteiger partial charge in [0.2, 0.25) is 0 Å². The SMILES string of the molecule is C=CCOc1ccc(CCc2ccc(C#Cc3ccc4c(F)c(F)c(F)cc4c3)cc2)cc1. The molecule has 0 aliphatic heterocycles. The van der Waals surface area contributed by atoms with Crippen molar-refractivity contribution in [1.29, 1.82) is 0 Å². The molecular weight excluding hydrogens is 421 g/mol. The second-order valence-corrected chi connectivity index (χ2v) is 7.61. The zero-order valence-electron chi connectivity index (χ0n) is 17.9. The maximum absolute atomic E-state index is 13.9. The van der Waals surface area contributed by atoms with E-state index in [9.17, 15) is 13.2 Å². The van der Waals surface area contributed by atoms with E-state index in [0.717, 1.165) is 30.2 Å². The fourth-order valence-corrected chi connectivity index (χ4v) is 3.48. The van der Waals surface area contributed by atoms with E-state index >= 15 is 0 Å². The van der Waals surface area contributed by atoms with Gasteiger partial charge >= 0.3 is 0 Å². The minimum absolute atomic E-state index is 0.0303. The van der Waals surface area contributed by atoms with Crippen LogP contribution in [0, 0.1) is 29.3 Å². The molecule has 4 rings (SSSR count). The molecule has 0 saturated carbocycles. The van der Waals surface area contributed by atoms with E-state index in [4.69, 9.17) is 4.74 Å². The molecule has 4 aromatic rings. The Morgan fingerprint density at radius 3 is 2.00 bits per heavy atom. The van der Waals surface area contributed by atoms with Crippen molar-refractivity contribution in [1.82, 2.24) is 0 Å². The summed E-state index contributed by atoms with van der Waals surface area (Å²) in [4.78, 5) is 0. The molecule has 0 radical (unpaired) electrons. The van der Waals surface area contributed by atoms with Crippen molar-refractivity contribution in [3.63, 3.8) is 0 Å². The molecule has 164 valence electrons. The maximum Gasteiger partial charge on any atom is 0.195 e. The third-order valence-electron chi connectivity index (χ3n) is 5.27. The van der Waals surface area contributed by atoms with Gasteiger partial charge in [0, 0.05) is 16.5 Å². The van der Waals surface area contributed by atoms with Crippen LogP contribution in [0.15, 0.2) is 85.5 Å². The van der Waals surface area contributed by atoms with Crippen molar-refractivity contribution in [2.75, 3.05) is 6.61 Å². The van der Waals surface area contributed by atoms with E-state index in [1.54, 1.807) is 18.2 Å². The zero-order chi connectivity index (χ0) is 23.2. The summed E-state index contributed by atoms with van der Waals surface area (Å²) in [6.45, 7) is 4.13. The summed E-state index contributed by atoms with van der Waals surface area (Å²) in [7, 11) is 0. The van der Waals surface area contributed by atoms with Gasteiger partial charge in [-0.1, -0.05) is 54.8 Å². The van der Waals surface area contributed by atoms with Gasteiger partial charge in [0.1, 0.15) is 12.4 Å². The molecule has 0 aliphatic carbocycles. The Labute approximate surface area is 191 Å². The van der Waals surface area contributed by atoms with Crippen LogP contribution in [0.5, 0.6) is 5.75 Å². The number of aryl methyl sites for hydroxylation is 2. The highest BCUT2D eigenvalue weighted by molar-refractivity contribution is 5.84. The highest BCUT2D eigenvalue weighted by Gasteiger charge is 2.13. The van der Waals surface area contributed by atoms with E-state index in [-0.39, 0.29) is 10.8 Å². The Bertz CT molecular complexity index is 1340. The molecule has 0 amide bonds. The van der Waals surface area contributed by atoms with Gasteiger partial charge in [0.15, 0.2) is 17.5 Å². The molecule has 4 heteroatoms. The molecule has 0 heterocycles. The first kappa shape index (κ1) is 22.2. The third kappa shape index (κ3) is 5.45. The molecule has 0 aromatic heterocycles. The van der Waals surface area contributed by atoms with E-state index in [2.05, 4.69) is 30.6 Å². The first-order valence-corrected chi connectivity index (χ1v) is 10.5. The van der Waals surface area contributed by atoms with Crippen molar-refractivity contribution in [3.8, 4) is 17.6 Å². The molecule has 0 atom stereocenters. The number of hydrogen-bond acceptors (Lipinski definition) is 1. The lowest BCUT2D eigenvalue weighted by atomic mass is 10.0. The second-order valence-electron chi connectivity index (χ2n) is 7.61. The van der Waals surface area contributed by atoms with Crippen LogP contribution in [-0.2, 0) is 12.8 Å². The first-order chi connectivity index (χ1) is 16.0. The lowest BCUT2D eigenvalue weighted by Gasteiger charge is -2.06. The van der Waals surface area contributed by atoms with Crippen LogP contribution in [0.25, 0.3) is 10.8 Å². The fourth-order valence-electron chi connectivity index (χ4n) is 3.48. The molecular formula is C29H21F3O. The van der Waals surface area contributed by atoms with Crippen molar-refractivity contribution >= 4 is 10.8 Å². The fraction of sp³-hybridized carbons (Fsp3) is 0.103. The van der Waals surface area contributed by atoms with Gasteiger partial charge in [-0.25, -0.2) is 13.2 Å². The Kier molecular flexibility index (Phi) is 6.80. The molecule has 0 fully saturated rings. The van der Waals surface area contributed by atoms with Crippen molar-refractivity contribution in [2.24, 2.45) is 0 Å². The quantitative estimate of drug-likeness (QED) is 0.177. The second kappa shape index (κ2) is 10.1. The van der Waals surface area contributed by atoms with Gasteiger partial charge in [-0.3, -0.25) is 0 Å². The van der Waals surface area contributed by atoms with Crippen molar-refractivity contribution < 1.29 is 17.9 Å². The minimum Gasteiger partial charge on any atom is -0.490 e. The Hall–Kier alpha value is -3.97. The van der Waals surface area contributed by atoms with Crippen molar-refractivity contribution in [3.05, 3.63) is 125 Å². The number of ether oxygens (including phenoxy) is 1. The molecule has 1 nitrogen and oxygen atoms in total. The molecule has 0 aliphatic rings. The molecule has 0 N–H and O–H groups in total. The average Bonchev–Trinajstić information content (AvgIpc) is 2.84. The molecule has 0 saturated heterocycles. The topological polar surface area (TPSA) is 9.23 Å². The van der Waals surface area contributed by atoms with Gasteiger partial charge in [0.25, 0.3) is 0 Å². The van der Waals surface area contributed by atoms with Crippen LogP contribution in [0.2, 0.25) is 0 Å². The summed E-state index contributed by atoms with van der Waals surface area (Å²) in [5, 5.41) is 0.302. The van der Waals surface area contributed by atoms with Crippen LogP contribution >= 0.6 is 0 Å². The standard InChI is InChI=1S/C29H21F3O/c1-2-17-33-25-14-11-22(12-15-25)8-7-20-3-5-21(6-4-20)9-10-23-13-16-26-24(18-23)19-27(30)29(32)28(26)31/h2-6,11-16,18-19H,1,7-8,17H2. The monoisotopic (exact) mass is 442 g/mol. The number of halogens is 3. The van der Waals surface area contributed by atoms with Crippen LogP contribution in [0.4, 0.5) is 13.2 Å². The Balaban J connectivity index is 1.40. The molecule has 4 aromatic carbocycles. The highest BCUT2D eigenvalue weighted by atomic mass is 19.2. The number of benzene rings is 4. The van der Waals surface area contributed by atoms with Crippen LogP contribution < -0.4 is 4.74 Å². The van der Waals surface area contributed by atoms with E-state index in [1.165, 1.54) is 17.2 Å². The highest BCUT2D eigenvalue weighted by Crippen LogP contribution is 2.24. The van der Waals surface area contributed by atoms with Crippen LogP contribution in [0.1, 0.15) is 22.3 Å². The smallest absolute Gasteiger partial charge is 0.195 e. The van der Waals surface area contributed by atoms with Crippen molar-refractivity contribution in [2.45, 2.75) is 12.8 Å². The average molecular weight is 442 g/mol. The largest absolute Gasteiger partial charge is 0.490 e. The summed E-state index contributed by atoms with van der Waals surface area (Å²) in [5.74, 6) is 3.03. The predicted molar refractivity (Wildman–Crippen MR) is 126 cm³/mol. The van der Waals surface area contributed by atoms with E-state index in [1.807, 2.05) is 36.4 Å².